The van der Waals surface area contributed by atoms with Crippen LogP contribution in [0, 0.1) is 0 Å². The standard InChI is InChI=1S/C29H29N9O2/c1-29(2,3)26-32-16-22(23(36-26)18-9-7-11-31-14-18)35-28(40)34-20-10-6-8-17(12-20)21-13-19-15-33-27(30-4)37-24(19)38(5)25(21)39/h6-16H,1-5H3,(H,30,33,37)(H2,34,35,40). The van der Waals surface area contributed by atoms with Crippen LogP contribution in [0.1, 0.15) is 26.6 Å². The van der Waals surface area contributed by atoms with Gasteiger partial charge < -0.3 is 16.0 Å². The highest BCUT2D eigenvalue weighted by atomic mass is 16.2. The van der Waals surface area contributed by atoms with Crippen molar-refractivity contribution < 1.29 is 4.79 Å². The van der Waals surface area contributed by atoms with Crippen molar-refractivity contribution >= 4 is 34.4 Å². The van der Waals surface area contributed by atoms with Crippen LogP contribution in [-0.4, -0.2) is 42.6 Å². The van der Waals surface area contributed by atoms with E-state index in [1.54, 1.807) is 63.1 Å². The van der Waals surface area contributed by atoms with E-state index < -0.39 is 6.03 Å². The van der Waals surface area contributed by atoms with E-state index in [4.69, 9.17) is 4.98 Å². The third kappa shape index (κ3) is 5.35. The van der Waals surface area contributed by atoms with Crippen molar-refractivity contribution in [2.75, 3.05) is 23.0 Å². The number of anilines is 3. The number of pyridine rings is 2. The molecule has 2 amide bonds. The van der Waals surface area contributed by atoms with Gasteiger partial charge in [0.15, 0.2) is 0 Å². The molecule has 11 nitrogen and oxygen atoms in total. The number of urea groups is 1. The molecule has 40 heavy (non-hydrogen) atoms. The lowest BCUT2D eigenvalue weighted by molar-refractivity contribution is 0.262. The van der Waals surface area contributed by atoms with Crippen molar-refractivity contribution in [3.8, 4) is 22.4 Å². The normalized spacial score (nSPS) is 11.3. The summed E-state index contributed by atoms with van der Waals surface area (Å²) in [5, 5.41) is 9.31. The van der Waals surface area contributed by atoms with Crippen molar-refractivity contribution in [1.82, 2.24) is 29.5 Å². The number of carbonyl (C=O) groups excluding carboxylic acids is 1. The van der Waals surface area contributed by atoms with Crippen LogP contribution in [0.3, 0.4) is 0 Å². The first-order valence-electron chi connectivity index (χ1n) is 12.6. The van der Waals surface area contributed by atoms with Gasteiger partial charge in [0.25, 0.3) is 5.56 Å². The largest absolute Gasteiger partial charge is 0.357 e. The molecule has 5 aromatic rings. The molecule has 4 aromatic heterocycles. The molecule has 11 heteroatoms. The summed E-state index contributed by atoms with van der Waals surface area (Å²) in [6.07, 6.45) is 6.64. The third-order valence-corrected chi connectivity index (χ3v) is 6.25. The van der Waals surface area contributed by atoms with Gasteiger partial charge in [-0.1, -0.05) is 32.9 Å². The molecule has 0 aliphatic rings. The third-order valence-electron chi connectivity index (χ3n) is 6.25. The Kier molecular flexibility index (Phi) is 6.95. The first kappa shape index (κ1) is 26.4. The first-order chi connectivity index (χ1) is 19.1. The van der Waals surface area contributed by atoms with Crippen LogP contribution in [0.5, 0.6) is 0 Å². The van der Waals surface area contributed by atoms with Crippen molar-refractivity contribution in [3.63, 3.8) is 0 Å². The Morgan fingerprint density at radius 2 is 1.73 bits per heavy atom. The maximum absolute atomic E-state index is 13.2. The van der Waals surface area contributed by atoms with Crippen LogP contribution in [0.4, 0.5) is 22.1 Å². The summed E-state index contributed by atoms with van der Waals surface area (Å²) >= 11 is 0. The second-order valence-electron chi connectivity index (χ2n) is 10.3. The number of hydrogen-bond donors (Lipinski definition) is 3. The minimum absolute atomic E-state index is 0.216. The Morgan fingerprint density at radius 3 is 2.45 bits per heavy atom. The maximum Gasteiger partial charge on any atom is 0.323 e. The smallest absolute Gasteiger partial charge is 0.323 e. The van der Waals surface area contributed by atoms with Gasteiger partial charge in [0.2, 0.25) is 5.95 Å². The average molecular weight is 536 g/mol. The number of aryl methyl sites for hydroxylation is 1. The lowest BCUT2D eigenvalue weighted by Crippen LogP contribution is -2.22. The number of rotatable bonds is 5. The summed E-state index contributed by atoms with van der Waals surface area (Å²) in [6, 6.07) is 12.0. The zero-order valence-corrected chi connectivity index (χ0v) is 22.9. The van der Waals surface area contributed by atoms with Gasteiger partial charge in [-0.25, -0.2) is 19.7 Å². The zero-order chi connectivity index (χ0) is 28.4. The second kappa shape index (κ2) is 10.5. The summed E-state index contributed by atoms with van der Waals surface area (Å²) in [7, 11) is 3.39. The molecule has 0 aliphatic carbocycles. The summed E-state index contributed by atoms with van der Waals surface area (Å²) < 4.78 is 1.49. The van der Waals surface area contributed by atoms with Gasteiger partial charge in [-0.2, -0.15) is 4.98 Å². The Morgan fingerprint density at radius 1 is 0.925 bits per heavy atom. The van der Waals surface area contributed by atoms with E-state index in [9.17, 15) is 9.59 Å². The quantitative estimate of drug-likeness (QED) is 0.291. The van der Waals surface area contributed by atoms with E-state index in [-0.39, 0.29) is 11.0 Å². The molecule has 0 unspecified atom stereocenters. The highest BCUT2D eigenvalue weighted by molar-refractivity contribution is 6.02. The molecule has 0 saturated carbocycles. The Hall–Kier alpha value is -5.19. The fraction of sp³-hybridized carbons (Fsp3) is 0.207. The van der Waals surface area contributed by atoms with E-state index in [2.05, 4.69) is 35.9 Å². The van der Waals surface area contributed by atoms with E-state index in [1.807, 2.05) is 39.0 Å². The van der Waals surface area contributed by atoms with Crippen molar-refractivity contribution in [2.45, 2.75) is 26.2 Å². The minimum Gasteiger partial charge on any atom is -0.357 e. The van der Waals surface area contributed by atoms with Gasteiger partial charge in [-0.05, 0) is 35.9 Å². The van der Waals surface area contributed by atoms with Gasteiger partial charge in [-0.3, -0.25) is 14.3 Å². The summed E-state index contributed by atoms with van der Waals surface area (Å²) in [5.41, 5.74) is 3.41. The average Bonchev–Trinajstić information content (AvgIpc) is 2.95. The van der Waals surface area contributed by atoms with Gasteiger partial charge in [0.05, 0.1) is 17.6 Å². The van der Waals surface area contributed by atoms with E-state index in [0.29, 0.717) is 51.0 Å². The molecular formula is C29H29N9O2. The Labute approximate surface area is 230 Å². The zero-order valence-electron chi connectivity index (χ0n) is 22.9. The molecule has 1 aromatic carbocycles. The predicted octanol–water partition coefficient (Wildman–Crippen LogP) is 4.83. The number of hydrogen-bond acceptors (Lipinski definition) is 8. The SMILES string of the molecule is CNc1ncc2cc(-c3cccc(NC(=O)Nc4cnc(C(C)(C)C)nc4-c4cccnc4)c3)c(=O)n(C)c2n1. The van der Waals surface area contributed by atoms with E-state index in [0.717, 1.165) is 5.56 Å². The molecule has 0 atom stereocenters. The number of fused-ring (bicyclic) bond motifs is 1. The fourth-order valence-electron chi connectivity index (χ4n) is 4.18. The van der Waals surface area contributed by atoms with Gasteiger partial charge in [-0.15, -0.1) is 0 Å². The van der Waals surface area contributed by atoms with Gasteiger partial charge >= 0.3 is 6.03 Å². The molecule has 4 heterocycles. The maximum atomic E-state index is 13.2. The number of nitrogens with zero attached hydrogens (tertiary/aromatic N) is 6. The molecule has 0 bridgehead atoms. The topological polar surface area (TPSA) is 140 Å². The number of aromatic nitrogens is 6. The molecule has 0 saturated heterocycles. The van der Waals surface area contributed by atoms with Gasteiger partial charge in [0, 0.05) is 60.3 Å². The summed E-state index contributed by atoms with van der Waals surface area (Å²) in [4.78, 5) is 48.3. The van der Waals surface area contributed by atoms with Crippen LogP contribution in [0.15, 0.2) is 72.0 Å². The summed E-state index contributed by atoms with van der Waals surface area (Å²) in [5.74, 6) is 1.08. The lowest BCUT2D eigenvalue weighted by Gasteiger charge is -2.19. The van der Waals surface area contributed by atoms with Crippen LogP contribution in [0.2, 0.25) is 0 Å². The number of amides is 2. The summed E-state index contributed by atoms with van der Waals surface area (Å²) in [6.45, 7) is 6.08. The molecular weight excluding hydrogens is 506 g/mol. The van der Waals surface area contributed by atoms with Gasteiger partial charge in [0.1, 0.15) is 11.5 Å². The fourth-order valence-corrected chi connectivity index (χ4v) is 4.18. The molecule has 5 rings (SSSR count). The molecule has 3 N–H and O–H groups in total. The first-order valence-corrected chi connectivity index (χ1v) is 12.6. The highest BCUT2D eigenvalue weighted by Crippen LogP contribution is 2.29. The highest BCUT2D eigenvalue weighted by Gasteiger charge is 2.21. The molecule has 0 radical (unpaired) electrons. The lowest BCUT2D eigenvalue weighted by atomic mass is 9.95. The monoisotopic (exact) mass is 535 g/mol. The van der Waals surface area contributed by atoms with E-state index in [1.165, 1.54) is 4.57 Å². The molecule has 0 aliphatic heterocycles. The van der Waals surface area contributed by atoms with E-state index >= 15 is 0 Å². The van der Waals surface area contributed by atoms with Crippen molar-refractivity contribution in [2.24, 2.45) is 7.05 Å². The molecule has 0 spiro atoms. The van der Waals surface area contributed by atoms with Crippen molar-refractivity contribution in [3.05, 3.63) is 83.4 Å². The Balaban J connectivity index is 1.43. The number of nitrogens with one attached hydrogen (secondary N) is 3. The van der Waals surface area contributed by atoms with Crippen molar-refractivity contribution in [1.29, 1.82) is 0 Å². The predicted molar refractivity (Wildman–Crippen MR) is 156 cm³/mol. The second-order valence-corrected chi connectivity index (χ2v) is 10.3. The van der Waals surface area contributed by atoms with Crippen LogP contribution < -0.4 is 21.5 Å². The minimum atomic E-state index is -0.478. The van der Waals surface area contributed by atoms with Crippen LogP contribution >= 0.6 is 0 Å². The number of benzene rings is 1. The molecule has 0 fully saturated rings. The molecule has 202 valence electrons. The van der Waals surface area contributed by atoms with Crippen LogP contribution in [0.25, 0.3) is 33.4 Å². The number of carbonyl (C=O) groups is 1. The Bertz CT molecular complexity index is 1780. The van der Waals surface area contributed by atoms with Crippen LogP contribution in [-0.2, 0) is 12.5 Å².